The molecule has 1 saturated heterocycles. The first-order valence-corrected chi connectivity index (χ1v) is 4.79. The van der Waals surface area contributed by atoms with E-state index in [0.29, 0.717) is 13.2 Å². The van der Waals surface area contributed by atoms with Gasteiger partial charge in [0.1, 0.15) is 0 Å². The van der Waals surface area contributed by atoms with E-state index in [2.05, 4.69) is 7.34 Å². The summed E-state index contributed by atoms with van der Waals surface area (Å²) >= 11 is 0.916. The van der Waals surface area contributed by atoms with E-state index in [9.17, 15) is 9.36 Å². The number of nitrogens with zero attached hydrogens (tertiary/aromatic N) is 1. The molecule has 0 aromatic heterocycles. The van der Waals surface area contributed by atoms with Crippen LogP contribution in [0.1, 0.15) is 0 Å². The van der Waals surface area contributed by atoms with E-state index in [1.807, 2.05) is 0 Å². The summed E-state index contributed by atoms with van der Waals surface area (Å²) in [7, 11) is -1.99. The average molecular weight is 359 g/mol. The molecule has 1 aliphatic heterocycles. The van der Waals surface area contributed by atoms with Gasteiger partial charge in [-0.25, -0.2) is 0 Å². The summed E-state index contributed by atoms with van der Waals surface area (Å²) in [6.07, 6.45) is -0.558. The van der Waals surface area contributed by atoms with Crippen LogP contribution in [0.4, 0.5) is 4.79 Å². The topological polar surface area (TPSA) is 55.8 Å². The Balaban J connectivity index is 2.55. The van der Waals surface area contributed by atoms with E-state index in [4.69, 9.17) is 0 Å². The van der Waals surface area contributed by atoms with E-state index < -0.39 is 14.3 Å². The van der Waals surface area contributed by atoms with Crippen molar-refractivity contribution in [1.82, 2.24) is 4.67 Å². The molecule has 1 aliphatic rings. The quantitative estimate of drug-likeness (QED) is 0.677. The minimum atomic E-state index is -1.99. The van der Waals surface area contributed by atoms with Gasteiger partial charge in [-0.05, 0) is 0 Å². The second-order valence-electron chi connectivity index (χ2n) is 1.54. The Morgan fingerprint density at radius 2 is 2.50 bits per heavy atom. The van der Waals surface area contributed by atoms with Crippen LogP contribution in [-0.2, 0) is 11.9 Å². The van der Waals surface area contributed by atoms with Crippen molar-refractivity contribution in [3.8, 4) is 0 Å². The molecule has 1 unspecified atom stereocenters. The predicted molar refractivity (Wildman–Crippen MR) is 26.7 cm³/mol. The van der Waals surface area contributed by atoms with Crippen LogP contribution >= 0.6 is 8.18 Å². The standard InChI is InChI=1S/C3H4AtNO4P/c4-9-10(7)5-1-2-8-3(5)6/h1-2H2/q+1. The maximum absolute atomic E-state index is 10.8. The zero-order chi connectivity index (χ0) is 7.56. The van der Waals surface area contributed by atoms with Crippen molar-refractivity contribution in [3.05, 3.63) is 0 Å². The van der Waals surface area contributed by atoms with Crippen LogP contribution in [0.3, 0.4) is 0 Å². The number of carbonyl (C=O) groups is 1. The van der Waals surface area contributed by atoms with Crippen molar-refractivity contribution >= 4 is 14.3 Å². The van der Waals surface area contributed by atoms with Crippen LogP contribution in [0.15, 0.2) is 0 Å². The van der Waals surface area contributed by atoms with Gasteiger partial charge in [-0.15, -0.1) is 0 Å². The molecule has 0 saturated carbocycles. The SMILES string of the molecule is O=C1OCCN1[P+](=O)O[At]. The van der Waals surface area contributed by atoms with Crippen LogP contribution < -0.4 is 0 Å². The number of hydrogen-bond donors (Lipinski definition) is 0. The molecule has 0 aliphatic carbocycles. The Morgan fingerprint density at radius 1 is 1.80 bits per heavy atom. The molecule has 0 aromatic rings. The molecule has 0 radical (unpaired) electrons. The Hall–Kier alpha value is 0.213. The summed E-state index contributed by atoms with van der Waals surface area (Å²) in [5, 5.41) is 0. The summed E-state index contributed by atoms with van der Waals surface area (Å²) in [4.78, 5) is 10.6. The van der Waals surface area contributed by atoms with Crippen molar-refractivity contribution in [2.24, 2.45) is 0 Å². The van der Waals surface area contributed by atoms with Gasteiger partial charge in [0, 0.05) is 0 Å². The molecule has 1 heterocycles. The number of amides is 1. The number of cyclic esters (lactones) is 1. The van der Waals surface area contributed by atoms with Crippen LogP contribution in [0.2, 0.25) is 0 Å². The van der Waals surface area contributed by atoms with Crippen molar-refractivity contribution in [2.45, 2.75) is 0 Å². The molecule has 10 heavy (non-hydrogen) atoms. The molecular formula is C3H4AtNO4P+. The summed E-state index contributed by atoms with van der Waals surface area (Å²) in [6.45, 7) is 0.659. The molecule has 1 amide bonds. The van der Waals surface area contributed by atoms with Crippen molar-refractivity contribution in [2.75, 3.05) is 13.2 Å². The van der Waals surface area contributed by atoms with Gasteiger partial charge < -0.3 is 0 Å². The van der Waals surface area contributed by atoms with Gasteiger partial charge in [0.05, 0.1) is 0 Å². The third-order valence-electron chi connectivity index (χ3n) is 0.996. The fraction of sp³-hybridized carbons (Fsp3) is 0.667. The van der Waals surface area contributed by atoms with Crippen LogP contribution in [0, 0.1) is 25.2 Å². The second-order valence-corrected chi connectivity index (χ2v) is 4.25. The normalized spacial score (nSPS) is 19.1. The van der Waals surface area contributed by atoms with E-state index >= 15 is 0 Å². The van der Waals surface area contributed by atoms with Crippen LogP contribution in [0.5, 0.6) is 0 Å². The van der Waals surface area contributed by atoms with Gasteiger partial charge >= 0.3 is 74.0 Å². The van der Waals surface area contributed by atoms with Crippen molar-refractivity contribution in [1.29, 1.82) is 0 Å². The van der Waals surface area contributed by atoms with Gasteiger partial charge in [-0.3, -0.25) is 0 Å². The van der Waals surface area contributed by atoms with Crippen molar-refractivity contribution in [3.63, 3.8) is 0 Å². The van der Waals surface area contributed by atoms with Gasteiger partial charge in [0.25, 0.3) is 0 Å². The summed E-state index contributed by atoms with van der Waals surface area (Å²) in [5.41, 5.74) is 0. The van der Waals surface area contributed by atoms with E-state index in [0.717, 1.165) is 29.8 Å². The molecule has 7 heteroatoms. The van der Waals surface area contributed by atoms with E-state index in [1.165, 1.54) is 0 Å². The molecule has 5 nitrogen and oxygen atoms in total. The molecule has 1 fully saturated rings. The Morgan fingerprint density at radius 3 is 2.90 bits per heavy atom. The zero-order valence-corrected chi connectivity index (χ0v) is 8.65. The first kappa shape index (κ1) is 8.31. The Bertz CT molecular complexity index is 174. The first-order chi connectivity index (χ1) is 4.75. The minimum absolute atomic E-state index is 0.301. The number of rotatable bonds is 2. The predicted octanol–water partition coefficient (Wildman–Crippen LogP) is 0.577. The molecule has 1 rings (SSSR count). The van der Waals surface area contributed by atoms with Crippen LogP contribution in [0.25, 0.3) is 0 Å². The molecule has 1 atom stereocenters. The third-order valence-corrected chi connectivity index (χ3v) is 3.25. The number of ether oxygens (including phenoxy) is 1. The molecular weight excluding hydrogens is 355 g/mol. The Labute approximate surface area is 74.1 Å². The second kappa shape index (κ2) is 3.56. The Kier molecular flexibility index (Phi) is 2.96. The van der Waals surface area contributed by atoms with Gasteiger partial charge in [0.2, 0.25) is 0 Å². The summed E-state index contributed by atoms with van der Waals surface area (Å²) in [6, 6.07) is 0. The maximum atomic E-state index is 10.8. The molecule has 0 spiro atoms. The van der Waals surface area contributed by atoms with Gasteiger partial charge in [-0.1, -0.05) is 0 Å². The molecule has 0 N–H and O–H groups in total. The summed E-state index contributed by atoms with van der Waals surface area (Å²) < 4.78 is 20.9. The fourth-order valence-corrected chi connectivity index (χ4v) is 1.95. The fourth-order valence-electron chi connectivity index (χ4n) is 0.571. The first-order valence-electron chi connectivity index (χ1n) is 2.46. The van der Waals surface area contributed by atoms with Crippen LogP contribution in [-0.4, -0.2) is 23.9 Å². The number of hydrogen-bond acceptors (Lipinski definition) is 4. The summed E-state index contributed by atoms with van der Waals surface area (Å²) in [5.74, 6) is 0. The van der Waals surface area contributed by atoms with Gasteiger partial charge in [0.15, 0.2) is 0 Å². The zero-order valence-electron chi connectivity index (χ0n) is 4.82. The van der Waals surface area contributed by atoms with Gasteiger partial charge in [-0.2, -0.15) is 0 Å². The third kappa shape index (κ3) is 1.63. The monoisotopic (exact) mass is 359 g/mol. The van der Waals surface area contributed by atoms with E-state index in [-0.39, 0.29) is 0 Å². The molecule has 0 bridgehead atoms. The van der Waals surface area contributed by atoms with Crippen molar-refractivity contribution < 1.29 is 41.9 Å². The average Bonchev–Trinajstić information content (AvgIpc) is 2.34. The van der Waals surface area contributed by atoms with E-state index in [1.54, 1.807) is 0 Å². The molecule has 0 aromatic carbocycles. The molecule has 56 valence electrons. The number of carbonyl (C=O) groups excluding carboxylic acids is 1.